The molecule has 1 N–H and O–H groups in total. The van der Waals surface area contributed by atoms with Crippen molar-refractivity contribution in [1.29, 1.82) is 0 Å². The first-order chi connectivity index (χ1) is 8.92. The van der Waals surface area contributed by atoms with E-state index in [4.69, 9.17) is 0 Å². The number of aromatic nitrogens is 1. The molecule has 0 fully saturated rings. The third kappa shape index (κ3) is 3.54. The van der Waals surface area contributed by atoms with Crippen molar-refractivity contribution in [3.05, 3.63) is 42.2 Å². The molecule has 0 aliphatic rings. The van der Waals surface area contributed by atoms with Gasteiger partial charge in [0.15, 0.2) is 0 Å². The smallest absolute Gasteiger partial charge is 0.0346 e. The van der Waals surface area contributed by atoms with Crippen molar-refractivity contribution in [2.24, 2.45) is 0 Å². The summed E-state index contributed by atoms with van der Waals surface area (Å²) in [4.78, 5) is 4.30. The van der Waals surface area contributed by atoms with Crippen LogP contribution in [-0.2, 0) is 6.54 Å². The lowest BCUT2D eigenvalue weighted by Gasteiger charge is -2.07. The van der Waals surface area contributed by atoms with Crippen molar-refractivity contribution < 1.29 is 0 Å². The van der Waals surface area contributed by atoms with Crippen LogP contribution in [0.3, 0.4) is 0 Å². The molecule has 18 heavy (non-hydrogen) atoms. The van der Waals surface area contributed by atoms with E-state index in [1.807, 2.05) is 12.4 Å². The molecule has 0 unspecified atom stereocenters. The molecule has 2 heteroatoms. The molecule has 0 radical (unpaired) electrons. The molecule has 1 aromatic heterocycles. The maximum atomic E-state index is 4.30. The second-order valence-electron chi connectivity index (χ2n) is 4.76. The molecule has 0 saturated carbocycles. The molecule has 96 valence electrons. The molecule has 1 heterocycles. The van der Waals surface area contributed by atoms with Gasteiger partial charge in [0, 0.05) is 24.3 Å². The SMILES string of the molecule is CCCCCCNCc1cncc2ccccc12. The highest BCUT2D eigenvalue weighted by molar-refractivity contribution is 5.84. The summed E-state index contributed by atoms with van der Waals surface area (Å²) in [5.74, 6) is 0. The minimum absolute atomic E-state index is 0.917. The van der Waals surface area contributed by atoms with E-state index in [2.05, 4.69) is 41.5 Å². The standard InChI is InChI=1S/C16H22N2/c1-2-3-4-7-10-17-12-15-13-18-11-14-8-5-6-9-16(14)15/h5-6,8-9,11,13,17H,2-4,7,10,12H2,1H3. The Bertz CT molecular complexity index is 474. The number of nitrogens with zero attached hydrogens (tertiary/aromatic N) is 1. The van der Waals surface area contributed by atoms with Gasteiger partial charge in [-0.15, -0.1) is 0 Å². The zero-order chi connectivity index (χ0) is 12.6. The second kappa shape index (κ2) is 7.12. The van der Waals surface area contributed by atoms with Crippen LogP contribution in [0.1, 0.15) is 38.2 Å². The van der Waals surface area contributed by atoms with Crippen LogP contribution >= 0.6 is 0 Å². The maximum absolute atomic E-state index is 4.30. The Morgan fingerprint density at radius 3 is 2.83 bits per heavy atom. The van der Waals surface area contributed by atoms with Gasteiger partial charge < -0.3 is 5.32 Å². The maximum Gasteiger partial charge on any atom is 0.0346 e. The fourth-order valence-corrected chi connectivity index (χ4v) is 2.22. The Kier molecular flexibility index (Phi) is 5.15. The van der Waals surface area contributed by atoms with Crippen molar-refractivity contribution in [2.45, 2.75) is 39.2 Å². The number of hydrogen-bond donors (Lipinski definition) is 1. The van der Waals surface area contributed by atoms with Crippen LogP contribution in [0.25, 0.3) is 10.8 Å². The van der Waals surface area contributed by atoms with Crippen molar-refractivity contribution in [3.63, 3.8) is 0 Å². The Hall–Kier alpha value is -1.41. The lowest BCUT2D eigenvalue weighted by atomic mass is 10.1. The first-order valence-electron chi connectivity index (χ1n) is 6.94. The molecular weight excluding hydrogens is 220 g/mol. The third-order valence-corrected chi connectivity index (χ3v) is 3.27. The summed E-state index contributed by atoms with van der Waals surface area (Å²) in [5, 5.41) is 6.05. The van der Waals surface area contributed by atoms with E-state index in [0.29, 0.717) is 0 Å². The quantitative estimate of drug-likeness (QED) is 0.745. The predicted octanol–water partition coefficient (Wildman–Crippen LogP) is 3.90. The summed E-state index contributed by atoms with van der Waals surface area (Å²) in [6.45, 7) is 4.26. The van der Waals surface area contributed by atoms with Gasteiger partial charge in [0.05, 0.1) is 0 Å². The Morgan fingerprint density at radius 2 is 1.94 bits per heavy atom. The first kappa shape index (κ1) is 13.0. The molecule has 0 saturated heterocycles. The van der Waals surface area contributed by atoms with Gasteiger partial charge in [-0.1, -0.05) is 50.5 Å². The largest absolute Gasteiger partial charge is 0.313 e. The number of unbranched alkanes of at least 4 members (excludes halogenated alkanes) is 3. The van der Waals surface area contributed by atoms with Crippen LogP contribution in [0, 0.1) is 0 Å². The zero-order valence-corrected chi connectivity index (χ0v) is 11.2. The number of rotatable bonds is 7. The molecule has 2 nitrogen and oxygen atoms in total. The van der Waals surface area contributed by atoms with Crippen LogP contribution in [0.2, 0.25) is 0 Å². The van der Waals surface area contributed by atoms with Gasteiger partial charge in [0.2, 0.25) is 0 Å². The lowest BCUT2D eigenvalue weighted by Crippen LogP contribution is -2.15. The van der Waals surface area contributed by atoms with Gasteiger partial charge >= 0.3 is 0 Å². The van der Waals surface area contributed by atoms with Crippen LogP contribution in [-0.4, -0.2) is 11.5 Å². The average molecular weight is 242 g/mol. The van der Waals surface area contributed by atoms with Gasteiger partial charge in [-0.3, -0.25) is 4.98 Å². The highest BCUT2D eigenvalue weighted by Crippen LogP contribution is 2.16. The predicted molar refractivity (Wildman–Crippen MR) is 77.6 cm³/mol. The zero-order valence-electron chi connectivity index (χ0n) is 11.2. The summed E-state index contributed by atoms with van der Waals surface area (Å²) >= 11 is 0. The number of hydrogen-bond acceptors (Lipinski definition) is 2. The molecule has 1 aromatic carbocycles. The van der Waals surface area contributed by atoms with E-state index in [1.165, 1.54) is 42.0 Å². The molecule has 0 atom stereocenters. The van der Waals surface area contributed by atoms with E-state index >= 15 is 0 Å². The third-order valence-electron chi connectivity index (χ3n) is 3.27. The van der Waals surface area contributed by atoms with E-state index in [0.717, 1.165) is 13.1 Å². The Morgan fingerprint density at radius 1 is 1.06 bits per heavy atom. The molecule has 2 aromatic rings. The number of nitrogens with one attached hydrogen (secondary N) is 1. The fourth-order valence-electron chi connectivity index (χ4n) is 2.22. The van der Waals surface area contributed by atoms with Gasteiger partial charge in [0.1, 0.15) is 0 Å². The summed E-state index contributed by atoms with van der Waals surface area (Å²) in [5.41, 5.74) is 1.29. The average Bonchev–Trinajstić information content (AvgIpc) is 2.43. The second-order valence-corrected chi connectivity index (χ2v) is 4.76. The molecule has 0 bridgehead atoms. The van der Waals surface area contributed by atoms with Gasteiger partial charge in [-0.2, -0.15) is 0 Å². The lowest BCUT2D eigenvalue weighted by molar-refractivity contribution is 0.599. The van der Waals surface area contributed by atoms with Gasteiger partial charge in [-0.25, -0.2) is 0 Å². The minimum atomic E-state index is 0.917. The van der Waals surface area contributed by atoms with Crippen LogP contribution in [0.15, 0.2) is 36.7 Å². The summed E-state index contributed by atoms with van der Waals surface area (Å²) < 4.78 is 0. The summed E-state index contributed by atoms with van der Waals surface area (Å²) in [6, 6.07) is 8.44. The molecular formula is C16H22N2. The summed E-state index contributed by atoms with van der Waals surface area (Å²) in [7, 11) is 0. The molecule has 0 spiro atoms. The van der Waals surface area contributed by atoms with Gasteiger partial charge in [-0.05, 0) is 23.9 Å². The van der Waals surface area contributed by atoms with Crippen LogP contribution in [0.5, 0.6) is 0 Å². The monoisotopic (exact) mass is 242 g/mol. The van der Waals surface area contributed by atoms with E-state index in [-0.39, 0.29) is 0 Å². The minimum Gasteiger partial charge on any atom is -0.313 e. The van der Waals surface area contributed by atoms with Crippen molar-refractivity contribution >= 4 is 10.8 Å². The normalized spacial score (nSPS) is 10.9. The number of fused-ring (bicyclic) bond motifs is 1. The molecule has 0 aliphatic carbocycles. The van der Waals surface area contributed by atoms with Gasteiger partial charge in [0.25, 0.3) is 0 Å². The Labute approximate surface area is 109 Å². The molecule has 2 rings (SSSR count). The molecule has 0 amide bonds. The summed E-state index contributed by atoms with van der Waals surface area (Å²) in [6.07, 6.45) is 9.15. The highest BCUT2D eigenvalue weighted by Gasteiger charge is 2.00. The first-order valence-corrected chi connectivity index (χ1v) is 6.94. The fraction of sp³-hybridized carbons (Fsp3) is 0.438. The highest BCUT2D eigenvalue weighted by atomic mass is 14.8. The number of benzene rings is 1. The van der Waals surface area contributed by atoms with E-state index in [1.54, 1.807) is 0 Å². The van der Waals surface area contributed by atoms with Crippen molar-refractivity contribution in [1.82, 2.24) is 10.3 Å². The van der Waals surface area contributed by atoms with Crippen molar-refractivity contribution in [3.8, 4) is 0 Å². The van der Waals surface area contributed by atoms with Crippen LogP contribution < -0.4 is 5.32 Å². The van der Waals surface area contributed by atoms with E-state index in [9.17, 15) is 0 Å². The molecule has 0 aliphatic heterocycles. The topological polar surface area (TPSA) is 24.9 Å². The van der Waals surface area contributed by atoms with Crippen molar-refractivity contribution in [2.75, 3.05) is 6.54 Å². The van der Waals surface area contributed by atoms with E-state index < -0.39 is 0 Å². The number of pyridine rings is 1. The van der Waals surface area contributed by atoms with Crippen LogP contribution in [0.4, 0.5) is 0 Å². The Balaban J connectivity index is 1.88.